The number of rotatable bonds is 5. The summed E-state index contributed by atoms with van der Waals surface area (Å²) in [6.45, 7) is -1.64. The number of carbonyl (C=O) groups is 1. The Hall–Kier alpha value is -3.00. The number of thioether (sulfide) groups is 1. The van der Waals surface area contributed by atoms with Gasteiger partial charge in [-0.25, -0.2) is 23.7 Å². The molecular formula is C20H18F5N5O3S. The monoisotopic (exact) mass is 503 g/mol. The van der Waals surface area contributed by atoms with Crippen molar-refractivity contribution >= 4 is 28.5 Å². The molecule has 14 heteroatoms. The molecule has 1 fully saturated rings. The van der Waals surface area contributed by atoms with E-state index < -0.39 is 55.3 Å². The van der Waals surface area contributed by atoms with Crippen molar-refractivity contribution in [3.63, 3.8) is 0 Å². The van der Waals surface area contributed by atoms with Gasteiger partial charge in [0.2, 0.25) is 12.7 Å². The molecule has 0 aliphatic carbocycles. The number of nitrogens with one attached hydrogen (secondary N) is 1. The Morgan fingerprint density at radius 3 is 2.79 bits per heavy atom. The van der Waals surface area contributed by atoms with Gasteiger partial charge in [-0.15, -0.1) is 0 Å². The van der Waals surface area contributed by atoms with E-state index >= 15 is 0 Å². The SMILES string of the molecule is NC1=N[C@@]2(c3cc(NC(=O)c4cnc(OCF)cn4)ccc3F)CO[C@@H](C(F)(F)F)C[C@H]2CS1. The number of halogens is 5. The van der Waals surface area contributed by atoms with E-state index in [9.17, 15) is 26.7 Å². The fourth-order valence-electron chi connectivity index (χ4n) is 3.89. The molecule has 1 aromatic heterocycles. The van der Waals surface area contributed by atoms with Gasteiger partial charge in [0.15, 0.2) is 11.3 Å². The third kappa shape index (κ3) is 4.78. The van der Waals surface area contributed by atoms with Gasteiger partial charge in [-0.05, 0) is 24.6 Å². The summed E-state index contributed by atoms with van der Waals surface area (Å²) in [6.07, 6.45) is -4.85. The third-order valence-corrected chi connectivity index (χ3v) is 6.50. The Morgan fingerprint density at radius 2 is 2.12 bits per heavy atom. The Morgan fingerprint density at radius 1 is 1.32 bits per heavy atom. The van der Waals surface area contributed by atoms with Crippen LogP contribution in [0.1, 0.15) is 22.5 Å². The van der Waals surface area contributed by atoms with E-state index in [0.29, 0.717) is 0 Å². The number of anilines is 1. The predicted molar refractivity (Wildman–Crippen MR) is 113 cm³/mol. The van der Waals surface area contributed by atoms with Gasteiger partial charge in [0, 0.05) is 22.9 Å². The van der Waals surface area contributed by atoms with Crippen LogP contribution < -0.4 is 15.8 Å². The highest BCUT2D eigenvalue weighted by Gasteiger charge is 2.55. The molecule has 0 spiro atoms. The van der Waals surface area contributed by atoms with Gasteiger partial charge in [0.25, 0.3) is 5.91 Å². The van der Waals surface area contributed by atoms with E-state index in [4.69, 9.17) is 10.5 Å². The first-order chi connectivity index (χ1) is 16.1. The summed E-state index contributed by atoms with van der Waals surface area (Å²) >= 11 is 1.10. The average molecular weight is 503 g/mol. The third-order valence-electron chi connectivity index (χ3n) is 5.54. The van der Waals surface area contributed by atoms with Crippen LogP contribution in [-0.2, 0) is 10.3 Å². The largest absolute Gasteiger partial charge is 0.445 e. The van der Waals surface area contributed by atoms with Crippen molar-refractivity contribution in [1.29, 1.82) is 0 Å². The van der Waals surface area contributed by atoms with Crippen LogP contribution in [0.4, 0.5) is 27.6 Å². The highest BCUT2D eigenvalue weighted by Crippen LogP contribution is 2.49. The fraction of sp³-hybridized carbons (Fsp3) is 0.400. The van der Waals surface area contributed by atoms with Crippen LogP contribution in [0.25, 0.3) is 0 Å². The van der Waals surface area contributed by atoms with Crippen LogP contribution in [0.2, 0.25) is 0 Å². The number of nitrogens with zero attached hydrogens (tertiary/aromatic N) is 3. The Bertz CT molecular complexity index is 1100. The van der Waals surface area contributed by atoms with E-state index in [1.807, 2.05) is 0 Å². The lowest BCUT2D eigenvalue weighted by molar-refractivity contribution is -0.245. The van der Waals surface area contributed by atoms with Gasteiger partial charge in [-0.2, -0.15) is 13.2 Å². The number of hydrogen-bond donors (Lipinski definition) is 2. The first kappa shape index (κ1) is 24.1. The summed E-state index contributed by atoms with van der Waals surface area (Å²) in [5.74, 6) is -2.06. The molecule has 182 valence electrons. The molecule has 0 radical (unpaired) electrons. The van der Waals surface area contributed by atoms with E-state index in [2.05, 4.69) is 25.0 Å². The minimum atomic E-state index is -4.57. The topological polar surface area (TPSA) is 112 Å². The van der Waals surface area contributed by atoms with Crippen molar-refractivity contribution in [2.45, 2.75) is 24.2 Å². The van der Waals surface area contributed by atoms with Crippen molar-refractivity contribution in [3.05, 3.63) is 47.7 Å². The Kier molecular flexibility index (Phi) is 6.62. The summed E-state index contributed by atoms with van der Waals surface area (Å²) in [6, 6.07) is 3.64. The van der Waals surface area contributed by atoms with E-state index in [0.717, 1.165) is 30.2 Å². The Balaban J connectivity index is 1.62. The highest BCUT2D eigenvalue weighted by molar-refractivity contribution is 8.13. The van der Waals surface area contributed by atoms with Crippen molar-refractivity contribution in [3.8, 4) is 5.88 Å². The van der Waals surface area contributed by atoms with Crippen LogP contribution >= 0.6 is 11.8 Å². The Labute approximate surface area is 194 Å². The lowest BCUT2D eigenvalue weighted by Crippen LogP contribution is -2.53. The van der Waals surface area contributed by atoms with Crippen LogP contribution in [-0.4, -0.2) is 52.5 Å². The van der Waals surface area contributed by atoms with Crippen molar-refractivity contribution in [1.82, 2.24) is 9.97 Å². The van der Waals surface area contributed by atoms with Gasteiger partial charge < -0.3 is 20.5 Å². The summed E-state index contributed by atoms with van der Waals surface area (Å²) in [4.78, 5) is 24.4. The molecule has 1 amide bonds. The van der Waals surface area contributed by atoms with Gasteiger partial charge in [-0.1, -0.05) is 11.8 Å². The van der Waals surface area contributed by atoms with Crippen molar-refractivity contribution < 1.29 is 36.2 Å². The molecule has 3 atom stereocenters. The second-order valence-electron chi connectivity index (χ2n) is 7.60. The van der Waals surface area contributed by atoms with E-state index in [1.54, 1.807) is 0 Å². The zero-order chi connectivity index (χ0) is 24.5. The average Bonchev–Trinajstić information content (AvgIpc) is 2.79. The van der Waals surface area contributed by atoms with Crippen LogP contribution in [0.15, 0.2) is 35.6 Å². The summed E-state index contributed by atoms with van der Waals surface area (Å²) in [5, 5.41) is 2.63. The molecule has 3 heterocycles. The first-order valence-corrected chi connectivity index (χ1v) is 10.9. The number of aromatic nitrogens is 2. The number of aliphatic imine (C=N–C) groups is 1. The number of amidine groups is 1. The maximum atomic E-state index is 15.0. The van der Waals surface area contributed by atoms with E-state index in [1.165, 1.54) is 12.1 Å². The fourth-order valence-corrected chi connectivity index (χ4v) is 4.90. The zero-order valence-corrected chi connectivity index (χ0v) is 18.1. The molecule has 1 aromatic carbocycles. The lowest BCUT2D eigenvalue weighted by atomic mass is 9.74. The van der Waals surface area contributed by atoms with E-state index in [-0.39, 0.29) is 33.7 Å². The second kappa shape index (κ2) is 9.33. The molecule has 4 rings (SSSR count). The standard InChI is InChI=1S/C20H18F5N5O3S/c21-9-33-16-6-27-14(5-28-16)17(31)29-11-1-2-13(22)12(4-11)19-8-32-15(20(23,24)25)3-10(19)7-34-18(26)30-19/h1-2,4-6,10,15H,3,7-9H2,(H2,26,30)(H,29,31)/t10-,15+,19-/m0/s1. The molecule has 0 bridgehead atoms. The second-order valence-corrected chi connectivity index (χ2v) is 8.64. The van der Waals surface area contributed by atoms with Crippen LogP contribution in [0.5, 0.6) is 5.88 Å². The normalized spacial score (nSPS) is 24.7. The molecular weight excluding hydrogens is 485 g/mol. The molecule has 0 unspecified atom stereocenters. The van der Waals surface area contributed by atoms with Gasteiger partial charge >= 0.3 is 6.18 Å². The number of amides is 1. The summed E-state index contributed by atoms with van der Waals surface area (Å²) in [7, 11) is 0. The summed E-state index contributed by atoms with van der Waals surface area (Å²) in [5.41, 5.74) is 4.35. The predicted octanol–water partition coefficient (Wildman–Crippen LogP) is 3.40. The number of alkyl halides is 4. The highest BCUT2D eigenvalue weighted by atomic mass is 32.2. The molecule has 8 nitrogen and oxygen atoms in total. The number of hydrogen-bond acceptors (Lipinski definition) is 8. The van der Waals surface area contributed by atoms with Crippen LogP contribution in [0, 0.1) is 11.7 Å². The van der Waals surface area contributed by atoms with Crippen molar-refractivity contribution in [2.75, 3.05) is 24.5 Å². The lowest BCUT2D eigenvalue weighted by Gasteiger charge is -2.46. The maximum Gasteiger partial charge on any atom is 0.414 e. The molecule has 2 aliphatic rings. The van der Waals surface area contributed by atoms with Gasteiger partial charge in [0.1, 0.15) is 17.1 Å². The molecule has 3 N–H and O–H groups in total. The quantitative estimate of drug-likeness (QED) is 0.602. The minimum absolute atomic E-state index is 0.0445. The van der Waals surface area contributed by atoms with Gasteiger partial charge in [0.05, 0.1) is 19.0 Å². The number of nitrogens with two attached hydrogens (primary N) is 1. The number of ether oxygens (including phenoxy) is 2. The smallest absolute Gasteiger partial charge is 0.414 e. The zero-order valence-electron chi connectivity index (χ0n) is 17.3. The van der Waals surface area contributed by atoms with Gasteiger partial charge in [-0.3, -0.25) is 4.79 Å². The molecule has 2 aromatic rings. The molecule has 1 saturated heterocycles. The maximum absolute atomic E-state index is 15.0. The molecule has 0 saturated carbocycles. The first-order valence-electron chi connectivity index (χ1n) is 9.91. The number of fused-ring (bicyclic) bond motifs is 1. The molecule has 2 aliphatic heterocycles. The van der Waals surface area contributed by atoms with Crippen LogP contribution in [0.3, 0.4) is 0 Å². The number of carbonyl (C=O) groups excluding carboxylic acids is 1. The molecule has 34 heavy (non-hydrogen) atoms. The summed E-state index contributed by atoms with van der Waals surface area (Å²) < 4.78 is 76.6. The number of benzene rings is 1. The minimum Gasteiger partial charge on any atom is -0.445 e. The van der Waals surface area contributed by atoms with Crippen molar-refractivity contribution in [2.24, 2.45) is 16.6 Å².